The van der Waals surface area contributed by atoms with Crippen LogP contribution in [0.4, 0.5) is 11.4 Å². The number of hydrogen-bond acceptors (Lipinski definition) is 4. The van der Waals surface area contributed by atoms with Crippen LogP contribution in [0.25, 0.3) is 0 Å². The number of benzene rings is 2. The lowest BCUT2D eigenvalue weighted by molar-refractivity contribution is 0.475. The second-order valence-electron chi connectivity index (χ2n) is 4.26. The molecule has 0 amide bonds. The maximum absolute atomic E-state index is 12.5. The Morgan fingerprint density at radius 3 is 2.05 bits per heavy atom. The lowest BCUT2D eigenvalue weighted by Crippen LogP contribution is -2.26. The first kappa shape index (κ1) is 14.2. The quantitative estimate of drug-likeness (QED) is 0.907. The van der Waals surface area contributed by atoms with Crippen molar-refractivity contribution in [2.24, 2.45) is 0 Å². The minimum atomic E-state index is -3.61. The summed E-state index contributed by atoms with van der Waals surface area (Å²) in [4.78, 5) is 0.215. The fraction of sp³-hybridized carbons (Fsp3) is 0.143. The highest BCUT2D eigenvalue weighted by atomic mass is 32.2. The predicted octanol–water partition coefficient (Wildman–Crippen LogP) is 2.26. The molecule has 5 nitrogen and oxygen atoms in total. The Labute approximate surface area is 118 Å². The summed E-state index contributed by atoms with van der Waals surface area (Å²) in [5.74, 6) is 0.0953. The lowest BCUT2D eigenvalue weighted by Gasteiger charge is -2.19. The van der Waals surface area contributed by atoms with Crippen molar-refractivity contribution in [2.75, 3.05) is 23.7 Å². The Morgan fingerprint density at radius 1 is 1.00 bits per heavy atom. The Hall–Kier alpha value is -2.21. The summed E-state index contributed by atoms with van der Waals surface area (Å²) in [7, 11) is -0.356. The van der Waals surface area contributed by atoms with Gasteiger partial charge in [0.1, 0.15) is 5.75 Å². The summed E-state index contributed by atoms with van der Waals surface area (Å²) in [5.41, 5.74) is 1.33. The maximum atomic E-state index is 12.5. The van der Waals surface area contributed by atoms with E-state index in [1.165, 1.54) is 23.5 Å². The summed E-state index contributed by atoms with van der Waals surface area (Å²) in [5, 5.41) is 12.2. The molecular weight excluding hydrogens is 276 g/mol. The number of aromatic hydroxyl groups is 1. The smallest absolute Gasteiger partial charge is 0.264 e. The van der Waals surface area contributed by atoms with E-state index in [0.29, 0.717) is 5.69 Å². The molecule has 0 spiro atoms. The van der Waals surface area contributed by atoms with Gasteiger partial charge in [0.15, 0.2) is 0 Å². The molecule has 2 rings (SSSR count). The van der Waals surface area contributed by atoms with Crippen LogP contribution in [0.2, 0.25) is 0 Å². The summed E-state index contributed by atoms with van der Waals surface area (Å²) in [6.07, 6.45) is 0. The number of phenols is 1. The molecule has 0 bridgehead atoms. The van der Waals surface area contributed by atoms with Crippen LogP contribution in [-0.2, 0) is 10.0 Å². The van der Waals surface area contributed by atoms with Crippen molar-refractivity contribution in [1.29, 1.82) is 0 Å². The van der Waals surface area contributed by atoms with Crippen LogP contribution in [0.3, 0.4) is 0 Å². The van der Waals surface area contributed by atoms with Crippen LogP contribution in [0, 0.1) is 0 Å². The van der Waals surface area contributed by atoms with Gasteiger partial charge in [-0.1, -0.05) is 0 Å². The van der Waals surface area contributed by atoms with E-state index in [1.54, 1.807) is 43.4 Å². The number of sulfonamides is 1. The maximum Gasteiger partial charge on any atom is 0.264 e. The SMILES string of the molecule is CNc1ccc(S(=O)(=O)N(C)c2ccc(O)cc2)cc1. The van der Waals surface area contributed by atoms with Crippen molar-refractivity contribution in [3.63, 3.8) is 0 Å². The summed E-state index contributed by atoms with van der Waals surface area (Å²) in [6.45, 7) is 0. The molecule has 0 aliphatic rings. The van der Waals surface area contributed by atoms with Crippen LogP contribution in [-0.4, -0.2) is 27.6 Å². The van der Waals surface area contributed by atoms with Crippen molar-refractivity contribution in [3.8, 4) is 5.75 Å². The number of anilines is 2. The largest absolute Gasteiger partial charge is 0.508 e. The van der Waals surface area contributed by atoms with E-state index >= 15 is 0 Å². The van der Waals surface area contributed by atoms with E-state index in [1.807, 2.05) is 0 Å². The standard InChI is InChI=1S/C14H16N2O3S/c1-15-11-3-9-14(10-4-11)20(18,19)16(2)12-5-7-13(17)8-6-12/h3-10,15,17H,1-2H3. The average Bonchev–Trinajstić information content (AvgIpc) is 2.47. The zero-order chi connectivity index (χ0) is 14.8. The second-order valence-corrected chi connectivity index (χ2v) is 6.23. The number of nitrogens with zero attached hydrogens (tertiary/aromatic N) is 1. The predicted molar refractivity (Wildman–Crippen MR) is 79.7 cm³/mol. The van der Waals surface area contributed by atoms with Crippen LogP contribution in [0.1, 0.15) is 0 Å². The molecule has 20 heavy (non-hydrogen) atoms. The van der Waals surface area contributed by atoms with E-state index < -0.39 is 10.0 Å². The summed E-state index contributed by atoms with van der Waals surface area (Å²) in [6, 6.07) is 12.5. The molecule has 2 aromatic carbocycles. The second kappa shape index (κ2) is 5.42. The molecule has 106 valence electrons. The first-order valence-corrected chi connectivity index (χ1v) is 7.45. The topological polar surface area (TPSA) is 69.6 Å². The third-order valence-corrected chi connectivity index (χ3v) is 4.81. The average molecular weight is 292 g/mol. The van der Waals surface area contributed by atoms with Gasteiger partial charge >= 0.3 is 0 Å². The molecule has 0 heterocycles. The van der Waals surface area contributed by atoms with Gasteiger partial charge in [-0.25, -0.2) is 8.42 Å². The molecule has 0 unspecified atom stereocenters. The molecule has 0 saturated carbocycles. The molecule has 0 atom stereocenters. The number of phenolic OH excluding ortho intramolecular Hbond substituents is 1. The Morgan fingerprint density at radius 2 is 1.55 bits per heavy atom. The van der Waals surface area contributed by atoms with E-state index in [4.69, 9.17) is 0 Å². The first-order chi connectivity index (χ1) is 9.45. The van der Waals surface area contributed by atoms with Gasteiger partial charge in [-0.3, -0.25) is 4.31 Å². The molecule has 2 aromatic rings. The first-order valence-electron chi connectivity index (χ1n) is 6.01. The molecule has 0 aliphatic heterocycles. The molecule has 0 aliphatic carbocycles. The monoisotopic (exact) mass is 292 g/mol. The fourth-order valence-corrected chi connectivity index (χ4v) is 2.95. The molecule has 2 N–H and O–H groups in total. The zero-order valence-corrected chi connectivity index (χ0v) is 12.1. The van der Waals surface area contributed by atoms with Crippen molar-refractivity contribution >= 4 is 21.4 Å². The third kappa shape index (κ3) is 2.70. The van der Waals surface area contributed by atoms with Crippen molar-refractivity contribution < 1.29 is 13.5 Å². The van der Waals surface area contributed by atoms with Crippen molar-refractivity contribution in [3.05, 3.63) is 48.5 Å². The number of rotatable bonds is 4. The van der Waals surface area contributed by atoms with Gasteiger partial charge < -0.3 is 10.4 Å². The molecule has 0 fully saturated rings. The fourth-order valence-electron chi connectivity index (χ4n) is 1.75. The Kier molecular flexibility index (Phi) is 3.85. The van der Waals surface area contributed by atoms with Gasteiger partial charge in [0.25, 0.3) is 10.0 Å². The Bertz CT molecular complexity index is 679. The third-order valence-electron chi connectivity index (χ3n) is 3.01. The van der Waals surface area contributed by atoms with Gasteiger partial charge in [-0.2, -0.15) is 0 Å². The highest BCUT2D eigenvalue weighted by Crippen LogP contribution is 2.24. The van der Waals surface area contributed by atoms with Crippen LogP contribution < -0.4 is 9.62 Å². The van der Waals surface area contributed by atoms with Crippen LogP contribution in [0.15, 0.2) is 53.4 Å². The van der Waals surface area contributed by atoms with Gasteiger partial charge in [-0.05, 0) is 48.5 Å². The number of nitrogens with one attached hydrogen (secondary N) is 1. The highest BCUT2D eigenvalue weighted by Gasteiger charge is 2.21. The van der Waals surface area contributed by atoms with E-state index in [2.05, 4.69) is 5.32 Å². The number of hydrogen-bond donors (Lipinski definition) is 2. The molecule has 0 saturated heterocycles. The van der Waals surface area contributed by atoms with Crippen molar-refractivity contribution in [1.82, 2.24) is 0 Å². The van der Waals surface area contributed by atoms with Crippen molar-refractivity contribution in [2.45, 2.75) is 4.90 Å². The van der Waals surface area contributed by atoms with Gasteiger partial charge in [0.05, 0.1) is 10.6 Å². The zero-order valence-electron chi connectivity index (χ0n) is 11.2. The summed E-state index contributed by atoms with van der Waals surface area (Å²) >= 11 is 0. The van der Waals surface area contributed by atoms with E-state index in [0.717, 1.165) is 5.69 Å². The Balaban J connectivity index is 2.35. The molecule has 6 heteroatoms. The van der Waals surface area contributed by atoms with Crippen LogP contribution in [0.5, 0.6) is 5.75 Å². The van der Waals surface area contributed by atoms with Gasteiger partial charge in [-0.15, -0.1) is 0 Å². The molecule has 0 aromatic heterocycles. The van der Waals surface area contributed by atoms with Gasteiger partial charge in [0.2, 0.25) is 0 Å². The molecule has 0 radical (unpaired) electrons. The van der Waals surface area contributed by atoms with Gasteiger partial charge in [0, 0.05) is 19.8 Å². The van der Waals surface area contributed by atoms with Crippen LogP contribution >= 0.6 is 0 Å². The minimum Gasteiger partial charge on any atom is -0.508 e. The minimum absolute atomic E-state index is 0.0953. The normalized spacial score (nSPS) is 11.1. The highest BCUT2D eigenvalue weighted by molar-refractivity contribution is 7.92. The summed E-state index contributed by atoms with van der Waals surface area (Å²) < 4.78 is 26.1. The van der Waals surface area contributed by atoms with E-state index in [9.17, 15) is 13.5 Å². The lowest BCUT2D eigenvalue weighted by atomic mass is 10.3. The molecular formula is C14H16N2O3S. The van der Waals surface area contributed by atoms with E-state index in [-0.39, 0.29) is 10.6 Å².